The summed E-state index contributed by atoms with van der Waals surface area (Å²) in [6, 6.07) is 12.5. The molecule has 3 aromatic rings. The number of fused-ring (bicyclic) bond motifs is 2. The number of aromatic nitrogens is 1. The van der Waals surface area contributed by atoms with Crippen LogP contribution in [0, 0.1) is 0 Å². The Morgan fingerprint density at radius 2 is 1.89 bits per heavy atom. The Morgan fingerprint density at radius 3 is 2.58 bits per heavy atom. The number of hydrogen-bond donors (Lipinski definition) is 2. The molecule has 1 amide bonds. The number of nitrogens with zero attached hydrogens (tertiary/aromatic N) is 2. The van der Waals surface area contributed by atoms with Gasteiger partial charge >= 0.3 is 0 Å². The summed E-state index contributed by atoms with van der Waals surface area (Å²) in [5, 5.41) is 14.7. The maximum atomic E-state index is 13.0. The molecule has 0 bridgehead atoms. The first kappa shape index (κ1) is 24.0. The van der Waals surface area contributed by atoms with E-state index < -0.39 is 11.8 Å². The molecule has 1 aromatic heterocycles. The van der Waals surface area contributed by atoms with Crippen LogP contribution in [0.2, 0.25) is 0 Å². The van der Waals surface area contributed by atoms with Gasteiger partial charge in [0.15, 0.2) is 12.0 Å². The van der Waals surface area contributed by atoms with Crippen LogP contribution in [0.5, 0.6) is 17.2 Å². The Kier molecular flexibility index (Phi) is 6.27. The van der Waals surface area contributed by atoms with E-state index in [9.17, 15) is 14.7 Å². The van der Waals surface area contributed by atoms with E-state index in [4.69, 9.17) is 19.2 Å². The lowest BCUT2D eigenvalue weighted by atomic mass is 9.82. The number of rotatable bonds is 5. The molecular formula is C27H29N3O6. The number of pyridine rings is 1. The zero-order chi connectivity index (χ0) is 25.4. The lowest BCUT2D eigenvalue weighted by Gasteiger charge is -2.45. The van der Waals surface area contributed by atoms with Gasteiger partial charge in [0.1, 0.15) is 28.4 Å². The van der Waals surface area contributed by atoms with Gasteiger partial charge in [0.05, 0.1) is 31.9 Å². The third-order valence-electron chi connectivity index (χ3n) is 6.95. The standard InChI is InChI=1S/C27H29N3O6/c1-16(31)28-17-7-8-22-19(13-17)21(32)15-27(36-22)9-11-30(12-10-27)26(33)20-14-24(35-3)18-5-4-6-23(34-2)25(18)29-20/h4-8,13-14,26,33H,9-12,15H2,1-3H3,(H,28,31). The second-order valence-electron chi connectivity index (χ2n) is 9.29. The first-order valence-corrected chi connectivity index (χ1v) is 11.9. The molecule has 1 spiro atoms. The van der Waals surface area contributed by atoms with Crippen LogP contribution in [-0.4, -0.2) is 59.6 Å². The quantitative estimate of drug-likeness (QED) is 0.556. The van der Waals surface area contributed by atoms with Crippen LogP contribution in [0.3, 0.4) is 0 Å². The summed E-state index contributed by atoms with van der Waals surface area (Å²) in [5.74, 6) is 1.54. The van der Waals surface area contributed by atoms with Gasteiger partial charge in [-0.05, 0) is 30.3 Å². The average Bonchev–Trinajstić information content (AvgIpc) is 2.87. The summed E-state index contributed by atoms with van der Waals surface area (Å²) in [7, 11) is 3.17. The first-order chi connectivity index (χ1) is 17.3. The van der Waals surface area contributed by atoms with Crippen LogP contribution < -0.4 is 19.5 Å². The van der Waals surface area contributed by atoms with Crippen molar-refractivity contribution in [2.24, 2.45) is 0 Å². The van der Waals surface area contributed by atoms with Crippen molar-refractivity contribution < 1.29 is 28.9 Å². The molecular weight excluding hydrogens is 462 g/mol. The van der Waals surface area contributed by atoms with Crippen molar-refractivity contribution in [1.82, 2.24) is 9.88 Å². The summed E-state index contributed by atoms with van der Waals surface area (Å²) >= 11 is 0. The maximum absolute atomic E-state index is 13.0. The van der Waals surface area contributed by atoms with Crippen LogP contribution in [0.1, 0.15) is 48.5 Å². The largest absolute Gasteiger partial charge is 0.496 e. The summed E-state index contributed by atoms with van der Waals surface area (Å²) in [6.07, 6.45) is 0.470. The summed E-state index contributed by atoms with van der Waals surface area (Å²) in [4.78, 5) is 31.0. The van der Waals surface area contributed by atoms with E-state index in [1.165, 1.54) is 6.92 Å². The number of piperidine rings is 1. The number of carbonyl (C=O) groups excluding carboxylic acids is 2. The Labute approximate surface area is 209 Å². The third-order valence-corrected chi connectivity index (χ3v) is 6.95. The molecule has 2 aromatic carbocycles. The SMILES string of the molecule is COc1cc(C(O)N2CCC3(CC2)CC(=O)c2cc(NC(C)=O)ccc2O3)nc2c(OC)cccc12. The van der Waals surface area contributed by atoms with Gasteiger partial charge in [-0.2, -0.15) is 0 Å². The highest BCUT2D eigenvalue weighted by Crippen LogP contribution is 2.42. The normalized spacial score (nSPS) is 17.8. The maximum Gasteiger partial charge on any atom is 0.221 e. The van der Waals surface area contributed by atoms with Crippen LogP contribution in [0.15, 0.2) is 42.5 Å². The zero-order valence-corrected chi connectivity index (χ0v) is 20.5. The summed E-state index contributed by atoms with van der Waals surface area (Å²) < 4.78 is 17.4. The molecule has 2 N–H and O–H groups in total. The highest BCUT2D eigenvalue weighted by molar-refractivity contribution is 6.02. The topological polar surface area (TPSA) is 110 Å². The van der Waals surface area contributed by atoms with Crippen molar-refractivity contribution in [2.45, 2.75) is 38.0 Å². The Morgan fingerprint density at radius 1 is 1.14 bits per heavy atom. The predicted octanol–water partition coefficient (Wildman–Crippen LogP) is 3.70. The van der Waals surface area contributed by atoms with Crippen molar-refractivity contribution in [3.05, 3.63) is 53.7 Å². The summed E-state index contributed by atoms with van der Waals surface area (Å²) in [6.45, 7) is 2.48. The van der Waals surface area contributed by atoms with Crippen molar-refractivity contribution in [1.29, 1.82) is 0 Å². The van der Waals surface area contributed by atoms with E-state index in [2.05, 4.69) is 5.32 Å². The fraction of sp³-hybridized carbons (Fsp3) is 0.370. The molecule has 1 saturated heterocycles. The molecule has 1 atom stereocenters. The molecule has 188 valence electrons. The molecule has 0 aliphatic carbocycles. The van der Waals surface area contributed by atoms with Crippen LogP contribution in [-0.2, 0) is 4.79 Å². The molecule has 36 heavy (non-hydrogen) atoms. The Bertz CT molecular complexity index is 1330. The molecule has 0 radical (unpaired) electrons. The van der Waals surface area contributed by atoms with Crippen molar-refractivity contribution >= 4 is 28.3 Å². The highest BCUT2D eigenvalue weighted by Gasteiger charge is 2.44. The van der Waals surface area contributed by atoms with Gasteiger partial charge in [-0.25, -0.2) is 4.98 Å². The van der Waals surface area contributed by atoms with E-state index in [1.54, 1.807) is 38.5 Å². The minimum Gasteiger partial charge on any atom is -0.496 e. The molecule has 2 aliphatic heterocycles. The van der Waals surface area contributed by atoms with E-state index >= 15 is 0 Å². The number of para-hydroxylation sites is 1. The molecule has 2 aliphatic rings. The lowest BCUT2D eigenvalue weighted by molar-refractivity contribution is -0.114. The lowest BCUT2D eigenvalue weighted by Crippen LogP contribution is -2.51. The number of Topliss-reactive ketones (excluding diaryl/α,β-unsaturated/α-hetero) is 1. The molecule has 5 rings (SSSR count). The number of anilines is 1. The van der Waals surface area contributed by atoms with Gasteiger partial charge in [0.2, 0.25) is 5.91 Å². The van der Waals surface area contributed by atoms with E-state index in [0.29, 0.717) is 65.6 Å². The van der Waals surface area contributed by atoms with Gasteiger partial charge in [-0.15, -0.1) is 0 Å². The molecule has 1 fully saturated rings. The van der Waals surface area contributed by atoms with E-state index in [-0.39, 0.29) is 18.1 Å². The molecule has 9 nitrogen and oxygen atoms in total. The number of amides is 1. The molecule has 0 saturated carbocycles. The number of carbonyl (C=O) groups is 2. The number of methoxy groups -OCH3 is 2. The number of hydrogen-bond acceptors (Lipinski definition) is 8. The third kappa shape index (κ3) is 4.36. The van der Waals surface area contributed by atoms with Gasteiger partial charge in [-0.3, -0.25) is 14.5 Å². The van der Waals surface area contributed by atoms with Crippen LogP contribution >= 0.6 is 0 Å². The Hall–Kier alpha value is -3.69. The van der Waals surface area contributed by atoms with E-state index in [1.807, 2.05) is 23.1 Å². The van der Waals surface area contributed by atoms with Crippen molar-refractivity contribution in [3.63, 3.8) is 0 Å². The van der Waals surface area contributed by atoms with Crippen LogP contribution in [0.4, 0.5) is 5.69 Å². The van der Waals surface area contributed by atoms with Gasteiger partial charge < -0.3 is 24.6 Å². The number of nitrogens with one attached hydrogen (secondary N) is 1. The minimum atomic E-state index is -0.947. The number of aliphatic hydroxyl groups excluding tert-OH is 1. The number of benzene rings is 2. The number of aliphatic hydroxyl groups is 1. The Balaban J connectivity index is 1.34. The van der Waals surface area contributed by atoms with Gasteiger partial charge in [0, 0.05) is 50.0 Å². The van der Waals surface area contributed by atoms with Gasteiger partial charge in [0.25, 0.3) is 0 Å². The van der Waals surface area contributed by atoms with Crippen molar-refractivity contribution in [2.75, 3.05) is 32.6 Å². The number of likely N-dealkylation sites (tertiary alicyclic amines) is 1. The van der Waals surface area contributed by atoms with Crippen LogP contribution in [0.25, 0.3) is 10.9 Å². The smallest absolute Gasteiger partial charge is 0.221 e. The monoisotopic (exact) mass is 491 g/mol. The molecule has 1 unspecified atom stereocenters. The number of ketones is 1. The van der Waals surface area contributed by atoms with Gasteiger partial charge in [-0.1, -0.05) is 6.07 Å². The summed E-state index contributed by atoms with van der Waals surface area (Å²) in [5.41, 5.74) is 1.53. The second kappa shape index (κ2) is 9.40. The van der Waals surface area contributed by atoms with Crippen molar-refractivity contribution in [3.8, 4) is 17.2 Å². The second-order valence-corrected chi connectivity index (χ2v) is 9.29. The highest BCUT2D eigenvalue weighted by atomic mass is 16.5. The fourth-order valence-corrected chi connectivity index (χ4v) is 5.09. The zero-order valence-electron chi connectivity index (χ0n) is 20.5. The molecule has 3 heterocycles. The predicted molar refractivity (Wildman–Crippen MR) is 134 cm³/mol. The van der Waals surface area contributed by atoms with E-state index in [0.717, 1.165) is 5.39 Å². The minimum absolute atomic E-state index is 0.00882. The number of ether oxygens (including phenoxy) is 3. The first-order valence-electron chi connectivity index (χ1n) is 11.9. The fourth-order valence-electron chi connectivity index (χ4n) is 5.09. The average molecular weight is 492 g/mol. The molecule has 9 heteroatoms.